The lowest BCUT2D eigenvalue weighted by molar-refractivity contribution is 0.131. The number of hydrogen-bond donors (Lipinski definition) is 2. The zero-order chi connectivity index (χ0) is 30.0. The first-order valence-corrected chi connectivity index (χ1v) is 13.9. The van der Waals surface area contributed by atoms with E-state index in [1.54, 1.807) is 18.2 Å². The van der Waals surface area contributed by atoms with Gasteiger partial charge in [-0.05, 0) is 46.9 Å². The summed E-state index contributed by atoms with van der Waals surface area (Å²) in [6.45, 7) is 1.84. The molecule has 6 nitrogen and oxygen atoms in total. The summed E-state index contributed by atoms with van der Waals surface area (Å²) in [7, 11) is 0. The third-order valence-corrected chi connectivity index (χ3v) is 6.86. The maximum absolute atomic E-state index is 12.6. The molecule has 5 aromatic carbocycles. The number of hydrogen-bond acceptors (Lipinski definition) is 5. The molecule has 6 aromatic rings. The molecule has 0 fully saturated rings. The van der Waals surface area contributed by atoms with Gasteiger partial charge in [-0.1, -0.05) is 121 Å². The van der Waals surface area contributed by atoms with Crippen molar-refractivity contribution in [2.24, 2.45) is 0 Å². The number of aliphatic hydroxyl groups is 1. The van der Waals surface area contributed by atoms with E-state index in [1.165, 1.54) is 6.07 Å². The molecular weight excluding hydrogens is 538 g/mol. The zero-order valence-electron chi connectivity index (χ0n) is 23.6. The van der Waals surface area contributed by atoms with Gasteiger partial charge in [-0.25, -0.2) is 9.59 Å². The Bertz CT molecular complexity index is 1740. The second kappa shape index (κ2) is 13.9. The Morgan fingerprint density at radius 2 is 1.14 bits per heavy atom. The van der Waals surface area contributed by atoms with Gasteiger partial charge in [-0.3, -0.25) is 5.32 Å². The Balaban J connectivity index is 0.000000220. The fourth-order valence-corrected chi connectivity index (χ4v) is 4.70. The molecule has 0 atom stereocenters. The van der Waals surface area contributed by atoms with E-state index in [2.05, 4.69) is 5.32 Å². The molecule has 0 spiro atoms. The largest absolute Gasteiger partial charge is 0.436 e. The van der Waals surface area contributed by atoms with Crippen molar-refractivity contribution in [3.05, 3.63) is 184 Å². The Labute approximate surface area is 249 Å². The molecule has 1 amide bonds. The molecule has 6 rings (SSSR count). The van der Waals surface area contributed by atoms with Gasteiger partial charge >= 0.3 is 11.7 Å². The van der Waals surface area contributed by atoms with E-state index in [0.717, 1.165) is 33.2 Å². The van der Waals surface area contributed by atoms with Crippen LogP contribution in [0, 0.1) is 6.92 Å². The van der Waals surface area contributed by atoms with Crippen LogP contribution in [0.1, 0.15) is 40.0 Å². The normalized spacial score (nSPS) is 10.7. The number of nitrogens with one attached hydrogen (secondary N) is 1. The molecule has 43 heavy (non-hydrogen) atoms. The number of carbonyl (C=O) groups is 1. The number of amides is 1. The van der Waals surface area contributed by atoms with Crippen molar-refractivity contribution in [1.82, 2.24) is 0 Å². The standard InChI is InChI=1S/C24H19NO4.C13H12O/c1-16-14-22(26)28-21-15-19(12-13-20(16)21)25-24(27)29-23(17-8-4-2-5-9-17)18-10-6-3-7-11-18;14-13(11-7-3-1-4-8-11)12-9-5-2-6-10-12/h2-15,23H,1H3,(H,25,27);1-10,13-14H. The van der Waals surface area contributed by atoms with Crippen LogP contribution in [0.25, 0.3) is 11.0 Å². The summed E-state index contributed by atoms with van der Waals surface area (Å²) in [5, 5.41) is 13.5. The van der Waals surface area contributed by atoms with Crippen LogP contribution in [-0.2, 0) is 4.74 Å². The van der Waals surface area contributed by atoms with Crippen molar-refractivity contribution < 1.29 is 19.1 Å². The van der Waals surface area contributed by atoms with Crippen LogP contribution in [-0.4, -0.2) is 11.2 Å². The molecule has 0 aliphatic heterocycles. The second-order valence-electron chi connectivity index (χ2n) is 9.92. The molecule has 2 N–H and O–H groups in total. The molecule has 6 heteroatoms. The van der Waals surface area contributed by atoms with Crippen LogP contribution in [0.3, 0.4) is 0 Å². The number of rotatable bonds is 6. The summed E-state index contributed by atoms with van der Waals surface area (Å²) in [5.41, 5.74) is 4.88. The van der Waals surface area contributed by atoms with Gasteiger partial charge < -0.3 is 14.3 Å². The number of benzene rings is 5. The van der Waals surface area contributed by atoms with E-state index in [1.807, 2.05) is 128 Å². The average Bonchev–Trinajstić information content (AvgIpc) is 3.05. The molecule has 1 heterocycles. The van der Waals surface area contributed by atoms with Crippen molar-refractivity contribution in [1.29, 1.82) is 0 Å². The summed E-state index contributed by atoms with van der Waals surface area (Å²) in [5.74, 6) is 0. The van der Waals surface area contributed by atoms with Crippen molar-refractivity contribution in [3.63, 3.8) is 0 Å². The SMILES string of the molecule is Cc1cc(=O)oc2cc(NC(=O)OC(c3ccccc3)c3ccccc3)ccc12.OC(c1ccccc1)c1ccccc1. The van der Waals surface area contributed by atoms with Gasteiger partial charge in [0.15, 0.2) is 6.10 Å². The highest BCUT2D eigenvalue weighted by Gasteiger charge is 2.19. The Hall–Kier alpha value is -5.46. The highest BCUT2D eigenvalue weighted by atomic mass is 16.6. The van der Waals surface area contributed by atoms with E-state index < -0.39 is 23.9 Å². The van der Waals surface area contributed by atoms with Gasteiger partial charge in [-0.15, -0.1) is 0 Å². The second-order valence-corrected chi connectivity index (χ2v) is 9.92. The van der Waals surface area contributed by atoms with Crippen molar-refractivity contribution >= 4 is 22.7 Å². The van der Waals surface area contributed by atoms with Crippen LogP contribution >= 0.6 is 0 Å². The number of aryl methyl sites for hydroxylation is 1. The summed E-state index contributed by atoms with van der Waals surface area (Å²) in [4.78, 5) is 24.2. The van der Waals surface area contributed by atoms with E-state index >= 15 is 0 Å². The summed E-state index contributed by atoms with van der Waals surface area (Å²) < 4.78 is 11.0. The topological polar surface area (TPSA) is 88.8 Å². The quantitative estimate of drug-likeness (QED) is 0.197. The Morgan fingerprint density at radius 3 is 1.63 bits per heavy atom. The molecular formula is C37H31NO5. The monoisotopic (exact) mass is 569 g/mol. The van der Waals surface area contributed by atoms with Gasteiger partial charge in [0, 0.05) is 23.2 Å². The lowest BCUT2D eigenvalue weighted by Gasteiger charge is -2.19. The number of carbonyl (C=O) groups excluding carboxylic acids is 1. The molecule has 0 unspecified atom stereocenters. The molecule has 0 saturated heterocycles. The molecule has 0 aliphatic rings. The van der Waals surface area contributed by atoms with Crippen molar-refractivity contribution in [2.45, 2.75) is 19.1 Å². The van der Waals surface area contributed by atoms with Crippen LogP contribution in [0.2, 0.25) is 0 Å². The van der Waals surface area contributed by atoms with Gasteiger partial charge in [0.2, 0.25) is 0 Å². The lowest BCUT2D eigenvalue weighted by atomic mass is 10.0. The van der Waals surface area contributed by atoms with Crippen LogP contribution < -0.4 is 10.9 Å². The first-order valence-electron chi connectivity index (χ1n) is 13.9. The average molecular weight is 570 g/mol. The lowest BCUT2D eigenvalue weighted by Crippen LogP contribution is -2.18. The zero-order valence-corrected chi connectivity index (χ0v) is 23.6. The van der Waals surface area contributed by atoms with Crippen LogP contribution in [0.15, 0.2) is 155 Å². The summed E-state index contributed by atoms with van der Waals surface area (Å²) in [6.07, 6.45) is -1.66. The summed E-state index contributed by atoms with van der Waals surface area (Å²) >= 11 is 0. The number of fused-ring (bicyclic) bond motifs is 1. The summed E-state index contributed by atoms with van der Waals surface area (Å²) in [6, 6.07) is 45.0. The smallest absolute Gasteiger partial charge is 0.412 e. The van der Waals surface area contributed by atoms with Gasteiger partial charge in [-0.2, -0.15) is 0 Å². The predicted molar refractivity (Wildman–Crippen MR) is 169 cm³/mol. The maximum Gasteiger partial charge on any atom is 0.412 e. The molecule has 1 aromatic heterocycles. The minimum atomic E-state index is -0.600. The van der Waals surface area contributed by atoms with Gasteiger partial charge in [0.25, 0.3) is 0 Å². The third kappa shape index (κ3) is 7.64. The van der Waals surface area contributed by atoms with Crippen molar-refractivity contribution in [2.75, 3.05) is 5.32 Å². The molecule has 0 aliphatic carbocycles. The third-order valence-electron chi connectivity index (χ3n) is 6.86. The first-order chi connectivity index (χ1) is 21.0. The highest BCUT2D eigenvalue weighted by molar-refractivity contribution is 5.90. The number of aliphatic hydroxyl groups excluding tert-OH is 1. The van der Waals surface area contributed by atoms with E-state index in [9.17, 15) is 14.7 Å². The minimum absolute atomic E-state index is 0.412. The number of ether oxygens (including phenoxy) is 1. The van der Waals surface area contributed by atoms with E-state index in [-0.39, 0.29) is 0 Å². The van der Waals surface area contributed by atoms with E-state index in [0.29, 0.717) is 11.3 Å². The fourth-order valence-electron chi connectivity index (χ4n) is 4.70. The van der Waals surface area contributed by atoms with Crippen LogP contribution in [0.5, 0.6) is 0 Å². The predicted octanol–water partition coefficient (Wildman–Crippen LogP) is 8.21. The van der Waals surface area contributed by atoms with Crippen molar-refractivity contribution in [3.8, 4) is 0 Å². The van der Waals surface area contributed by atoms with E-state index in [4.69, 9.17) is 9.15 Å². The first kappa shape index (κ1) is 29.0. The maximum atomic E-state index is 12.6. The number of anilines is 1. The van der Waals surface area contributed by atoms with Gasteiger partial charge in [0.05, 0.1) is 0 Å². The molecule has 0 bridgehead atoms. The van der Waals surface area contributed by atoms with Gasteiger partial charge in [0.1, 0.15) is 11.7 Å². The molecule has 0 saturated carbocycles. The fraction of sp³-hybridized carbons (Fsp3) is 0.0811. The Morgan fingerprint density at radius 1 is 0.674 bits per heavy atom. The Kier molecular flexibility index (Phi) is 9.42. The molecule has 214 valence electrons. The molecule has 0 radical (unpaired) electrons. The highest BCUT2D eigenvalue weighted by Crippen LogP contribution is 2.27. The minimum Gasteiger partial charge on any atom is -0.436 e. The van der Waals surface area contributed by atoms with Crippen LogP contribution in [0.4, 0.5) is 10.5 Å².